The molecule has 0 fully saturated rings. The van der Waals surface area contributed by atoms with E-state index < -0.39 is 29.2 Å². The van der Waals surface area contributed by atoms with Crippen LogP contribution in [0.15, 0.2) is 63.9 Å². The van der Waals surface area contributed by atoms with Crippen molar-refractivity contribution in [2.24, 2.45) is 0 Å². The zero-order chi connectivity index (χ0) is 22.7. The summed E-state index contributed by atoms with van der Waals surface area (Å²) in [5.74, 6) is -1.36. The Balaban J connectivity index is 1.48. The van der Waals surface area contributed by atoms with Crippen molar-refractivity contribution in [1.29, 1.82) is 0 Å². The Hall–Kier alpha value is -3.44. The first-order valence-corrected chi connectivity index (χ1v) is 10.9. The number of nitrogens with one attached hydrogen (secondary N) is 2. The molecule has 32 heavy (non-hydrogen) atoms. The summed E-state index contributed by atoms with van der Waals surface area (Å²) in [5, 5.41) is 8.99. The van der Waals surface area contributed by atoms with Crippen LogP contribution in [0.5, 0.6) is 0 Å². The molecule has 3 heterocycles. The largest absolute Gasteiger partial charge is 0.459 e. The van der Waals surface area contributed by atoms with Crippen LogP contribution in [0.3, 0.4) is 0 Å². The van der Waals surface area contributed by atoms with Gasteiger partial charge >= 0.3 is 6.18 Å². The number of carbonyl (C=O) groups excluding carboxylic acids is 2. The van der Waals surface area contributed by atoms with E-state index in [0.717, 1.165) is 22.0 Å². The summed E-state index contributed by atoms with van der Waals surface area (Å²) in [6.07, 6.45) is -3.64. The average Bonchev–Trinajstić information content (AvgIpc) is 3.50. The van der Waals surface area contributed by atoms with Crippen molar-refractivity contribution in [1.82, 2.24) is 4.98 Å². The first kappa shape index (κ1) is 21.8. The lowest BCUT2D eigenvalue weighted by atomic mass is 10.1. The highest BCUT2D eigenvalue weighted by Crippen LogP contribution is 2.37. The molecule has 2 amide bonds. The molecule has 0 unspecified atom stereocenters. The highest BCUT2D eigenvalue weighted by atomic mass is 32.1. The smallest absolute Gasteiger partial charge is 0.418 e. The number of benzene rings is 1. The standard InChI is InChI=1S/C21H14F3N3O3S2/c22-21(23,24)14-9-12(25-19(29)16-3-1-7-30-16)5-6-15(14)27-18(28)10-13-11-32-20(26-13)17-4-2-8-31-17/h1-9,11H,10H2,(H,25,29)(H,27,28). The second-order valence-electron chi connectivity index (χ2n) is 6.54. The fourth-order valence-corrected chi connectivity index (χ4v) is 4.46. The van der Waals surface area contributed by atoms with Gasteiger partial charge in [-0.25, -0.2) is 4.98 Å². The highest BCUT2D eigenvalue weighted by molar-refractivity contribution is 7.20. The number of amides is 2. The molecule has 1 aromatic carbocycles. The first-order valence-electron chi connectivity index (χ1n) is 9.14. The molecule has 2 N–H and O–H groups in total. The van der Waals surface area contributed by atoms with Gasteiger partial charge in [0, 0.05) is 11.1 Å². The minimum Gasteiger partial charge on any atom is -0.459 e. The third-order valence-electron chi connectivity index (χ3n) is 4.23. The van der Waals surface area contributed by atoms with Gasteiger partial charge < -0.3 is 15.1 Å². The van der Waals surface area contributed by atoms with E-state index in [1.807, 2.05) is 17.5 Å². The van der Waals surface area contributed by atoms with E-state index >= 15 is 0 Å². The number of anilines is 2. The monoisotopic (exact) mass is 477 g/mol. The van der Waals surface area contributed by atoms with Crippen LogP contribution in [-0.2, 0) is 17.4 Å². The van der Waals surface area contributed by atoms with Gasteiger partial charge in [0.1, 0.15) is 5.01 Å². The molecule has 0 radical (unpaired) electrons. The number of hydrogen-bond donors (Lipinski definition) is 2. The van der Waals surface area contributed by atoms with Crippen LogP contribution in [0.2, 0.25) is 0 Å². The maximum Gasteiger partial charge on any atom is 0.418 e. The van der Waals surface area contributed by atoms with Crippen LogP contribution >= 0.6 is 22.7 Å². The fraction of sp³-hybridized carbons (Fsp3) is 0.0952. The number of aromatic nitrogens is 1. The third kappa shape index (κ3) is 5.06. The van der Waals surface area contributed by atoms with Gasteiger partial charge in [0.2, 0.25) is 5.91 Å². The second kappa shape index (κ2) is 8.97. The van der Waals surface area contributed by atoms with Crippen LogP contribution in [-0.4, -0.2) is 16.8 Å². The Morgan fingerprint density at radius 3 is 2.59 bits per heavy atom. The van der Waals surface area contributed by atoms with Crippen LogP contribution in [0.4, 0.5) is 24.5 Å². The number of halogens is 3. The average molecular weight is 477 g/mol. The predicted molar refractivity (Wildman–Crippen MR) is 116 cm³/mol. The molecule has 0 saturated carbocycles. The van der Waals surface area contributed by atoms with Crippen molar-refractivity contribution in [3.8, 4) is 9.88 Å². The zero-order valence-electron chi connectivity index (χ0n) is 16.1. The molecule has 0 aliphatic heterocycles. The lowest BCUT2D eigenvalue weighted by molar-refractivity contribution is -0.136. The fourth-order valence-electron chi connectivity index (χ4n) is 2.83. The van der Waals surface area contributed by atoms with Gasteiger partial charge in [-0.1, -0.05) is 6.07 Å². The summed E-state index contributed by atoms with van der Waals surface area (Å²) in [4.78, 5) is 29.7. The van der Waals surface area contributed by atoms with Gasteiger partial charge in [-0.05, 0) is 41.8 Å². The molecule has 4 aromatic rings. The zero-order valence-corrected chi connectivity index (χ0v) is 17.7. The first-order chi connectivity index (χ1) is 15.3. The number of rotatable bonds is 6. The summed E-state index contributed by atoms with van der Waals surface area (Å²) in [6.45, 7) is 0. The molecule has 0 bridgehead atoms. The number of thiophene rings is 1. The molecule has 6 nitrogen and oxygen atoms in total. The molecule has 0 aliphatic carbocycles. The number of hydrogen-bond acceptors (Lipinski definition) is 6. The molecule has 0 spiro atoms. The number of alkyl halides is 3. The van der Waals surface area contributed by atoms with Crippen LogP contribution in [0.1, 0.15) is 21.8 Å². The van der Waals surface area contributed by atoms with E-state index in [9.17, 15) is 22.8 Å². The molecule has 164 valence electrons. The van der Waals surface area contributed by atoms with Gasteiger partial charge in [-0.15, -0.1) is 22.7 Å². The van der Waals surface area contributed by atoms with Gasteiger partial charge in [-0.3, -0.25) is 9.59 Å². The predicted octanol–water partition coefficient (Wildman–Crippen LogP) is 5.92. The topological polar surface area (TPSA) is 84.2 Å². The summed E-state index contributed by atoms with van der Waals surface area (Å²) in [7, 11) is 0. The minimum absolute atomic E-state index is 0.0406. The third-order valence-corrected chi connectivity index (χ3v) is 6.16. The molecule has 11 heteroatoms. The van der Waals surface area contributed by atoms with Gasteiger partial charge in [0.25, 0.3) is 5.91 Å². The molecule has 0 atom stereocenters. The number of furan rings is 1. The van der Waals surface area contributed by atoms with Crippen molar-refractivity contribution in [3.63, 3.8) is 0 Å². The van der Waals surface area contributed by atoms with Crippen LogP contribution < -0.4 is 10.6 Å². The maximum absolute atomic E-state index is 13.6. The maximum atomic E-state index is 13.6. The minimum atomic E-state index is -4.75. The lowest BCUT2D eigenvalue weighted by Gasteiger charge is -2.15. The number of thiazole rings is 1. The van der Waals surface area contributed by atoms with Crippen LogP contribution in [0.25, 0.3) is 9.88 Å². The van der Waals surface area contributed by atoms with E-state index in [4.69, 9.17) is 4.42 Å². The molecular weight excluding hydrogens is 463 g/mol. The van der Waals surface area contributed by atoms with Gasteiger partial charge in [0.05, 0.1) is 34.5 Å². The van der Waals surface area contributed by atoms with Crippen molar-refractivity contribution in [3.05, 3.63) is 76.5 Å². The molecular formula is C21H14F3N3O3S2. The van der Waals surface area contributed by atoms with Crippen molar-refractivity contribution < 1.29 is 27.2 Å². The van der Waals surface area contributed by atoms with Crippen LogP contribution in [0, 0.1) is 0 Å². The highest BCUT2D eigenvalue weighted by Gasteiger charge is 2.34. The molecule has 0 aliphatic rings. The second-order valence-corrected chi connectivity index (χ2v) is 8.34. The van der Waals surface area contributed by atoms with E-state index in [0.29, 0.717) is 5.69 Å². The van der Waals surface area contributed by atoms with Gasteiger partial charge in [0.15, 0.2) is 5.76 Å². The van der Waals surface area contributed by atoms with Crippen molar-refractivity contribution in [2.45, 2.75) is 12.6 Å². The summed E-state index contributed by atoms with van der Waals surface area (Å²) in [6, 6.07) is 9.77. The van der Waals surface area contributed by atoms with E-state index in [1.165, 1.54) is 47.1 Å². The Morgan fingerprint density at radius 2 is 1.91 bits per heavy atom. The summed E-state index contributed by atoms with van der Waals surface area (Å²) >= 11 is 2.87. The lowest BCUT2D eigenvalue weighted by Crippen LogP contribution is -2.19. The normalized spacial score (nSPS) is 11.3. The Morgan fingerprint density at radius 1 is 1.06 bits per heavy atom. The summed E-state index contributed by atoms with van der Waals surface area (Å²) in [5.41, 5.74) is -1.11. The van der Waals surface area contributed by atoms with E-state index in [2.05, 4.69) is 15.6 Å². The quantitative estimate of drug-likeness (QED) is 0.361. The number of nitrogens with zero attached hydrogens (tertiary/aromatic N) is 1. The Labute approximate surface area is 187 Å². The van der Waals surface area contributed by atoms with Gasteiger partial charge in [-0.2, -0.15) is 13.2 Å². The molecule has 0 saturated heterocycles. The molecule has 3 aromatic heterocycles. The molecule has 4 rings (SSSR count). The Bertz CT molecular complexity index is 1230. The van der Waals surface area contributed by atoms with Crippen molar-refractivity contribution >= 4 is 45.9 Å². The number of carbonyl (C=O) groups is 2. The summed E-state index contributed by atoms with van der Waals surface area (Å²) < 4.78 is 45.7. The van der Waals surface area contributed by atoms with Crippen molar-refractivity contribution in [2.75, 3.05) is 10.6 Å². The Kier molecular flexibility index (Phi) is 6.10. The SMILES string of the molecule is O=C(Cc1csc(-c2cccs2)n1)Nc1ccc(NC(=O)c2ccco2)cc1C(F)(F)F. The van der Waals surface area contributed by atoms with E-state index in [1.54, 1.807) is 5.38 Å². The van der Waals surface area contributed by atoms with E-state index in [-0.39, 0.29) is 17.9 Å².